The molecule has 1 heterocycles. The number of carbonyl (C=O) groups excluding carboxylic acids is 1. The van der Waals surface area contributed by atoms with E-state index in [1.807, 2.05) is 0 Å². The van der Waals surface area contributed by atoms with Gasteiger partial charge in [0.15, 0.2) is 11.6 Å². The van der Waals surface area contributed by atoms with Gasteiger partial charge in [-0.3, -0.25) is 4.79 Å². The fourth-order valence-electron chi connectivity index (χ4n) is 1.28. The lowest BCUT2D eigenvalue weighted by molar-refractivity contribution is 0.0697. The van der Waals surface area contributed by atoms with Crippen LogP contribution in [0.2, 0.25) is 0 Å². The Hall–Kier alpha value is -2.42. The van der Waals surface area contributed by atoms with Crippen LogP contribution in [-0.4, -0.2) is 26.6 Å². The van der Waals surface area contributed by atoms with Crippen molar-refractivity contribution in [2.24, 2.45) is 0 Å². The van der Waals surface area contributed by atoms with Gasteiger partial charge in [0.2, 0.25) is 0 Å². The molecular formula is C10H5F2N3O3S. The maximum atomic E-state index is 13.1. The van der Waals surface area contributed by atoms with E-state index in [0.717, 1.165) is 11.5 Å². The van der Waals surface area contributed by atoms with Crippen LogP contribution in [0.4, 0.5) is 14.5 Å². The van der Waals surface area contributed by atoms with Crippen LogP contribution < -0.4 is 5.32 Å². The minimum absolute atomic E-state index is 0.112. The van der Waals surface area contributed by atoms with Gasteiger partial charge in [0.05, 0.1) is 17.4 Å². The number of carboxylic acid groups (broad SMARTS) is 1. The lowest BCUT2D eigenvalue weighted by Crippen LogP contribution is -2.14. The van der Waals surface area contributed by atoms with Crippen molar-refractivity contribution in [2.45, 2.75) is 0 Å². The number of nitrogens with zero attached hydrogens (tertiary/aromatic N) is 2. The topological polar surface area (TPSA) is 92.2 Å². The first-order valence-corrected chi connectivity index (χ1v) is 5.57. The monoisotopic (exact) mass is 285 g/mol. The summed E-state index contributed by atoms with van der Waals surface area (Å²) in [6.45, 7) is 0. The molecule has 2 aromatic rings. The summed E-state index contributed by atoms with van der Waals surface area (Å²) in [6.07, 6.45) is 1.17. The third-order valence-electron chi connectivity index (χ3n) is 2.12. The number of hydrogen-bond acceptors (Lipinski definition) is 5. The van der Waals surface area contributed by atoms with Crippen molar-refractivity contribution in [3.8, 4) is 0 Å². The van der Waals surface area contributed by atoms with Gasteiger partial charge in [0, 0.05) is 6.07 Å². The normalized spacial score (nSPS) is 10.2. The average molecular weight is 285 g/mol. The number of benzene rings is 1. The molecule has 0 radical (unpaired) electrons. The standard InChI is InChI=1S/C10H5F2N3O3S/c11-5-1-4(10(17)18)7(2-6(5)12)14-9(16)8-3-13-15-19-8/h1-3H,(H,14,16)(H,17,18). The molecule has 0 bridgehead atoms. The van der Waals surface area contributed by atoms with E-state index in [9.17, 15) is 18.4 Å². The van der Waals surface area contributed by atoms with Crippen LogP contribution >= 0.6 is 11.5 Å². The number of carbonyl (C=O) groups is 2. The maximum absolute atomic E-state index is 13.1. The summed E-state index contributed by atoms with van der Waals surface area (Å²) < 4.78 is 29.5. The fraction of sp³-hybridized carbons (Fsp3) is 0. The molecule has 19 heavy (non-hydrogen) atoms. The van der Waals surface area contributed by atoms with Crippen LogP contribution in [0.3, 0.4) is 0 Å². The number of rotatable bonds is 3. The minimum Gasteiger partial charge on any atom is -0.478 e. The van der Waals surface area contributed by atoms with Gasteiger partial charge in [0.25, 0.3) is 5.91 Å². The molecule has 0 saturated heterocycles. The van der Waals surface area contributed by atoms with Gasteiger partial charge < -0.3 is 10.4 Å². The molecular weight excluding hydrogens is 280 g/mol. The number of aromatic nitrogens is 2. The number of halogens is 2. The largest absolute Gasteiger partial charge is 0.478 e. The highest BCUT2D eigenvalue weighted by atomic mass is 32.1. The minimum atomic E-state index is -1.49. The highest BCUT2D eigenvalue weighted by molar-refractivity contribution is 7.07. The van der Waals surface area contributed by atoms with Crippen molar-refractivity contribution in [2.75, 3.05) is 5.32 Å². The van der Waals surface area contributed by atoms with Crippen LogP contribution in [0, 0.1) is 11.6 Å². The molecule has 0 aliphatic rings. The highest BCUT2D eigenvalue weighted by Gasteiger charge is 2.18. The third kappa shape index (κ3) is 2.71. The van der Waals surface area contributed by atoms with Gasteiger partial charge in [-0.25, -0.2) is 13.6 Å². The maximum Gasteiger partial charge on any atom is 0.337 e. The molecule has 6 nitrogen and oxygen atoms in total. The Kier molecular flexibility index (Phi) is 3.47. The molecule has 0 fully saturated rings. The van der Waals surface area contributed by atoms with Crippen LogP contribution in [0.1, 0.15) is 20.0 Å². The molecule has 2 rings (SSSR count). The number of amides is 1. The number of hydrogen-bond donors (Lipinski definition) is 2. The van der Waals surface area contributed by atoms with Crippen molar-refractivity contribution in [1.29, 1.82) is 0 Å². The lowest BCUT2D eigenvalue weighted by Gasteiger charge is -2.07. The molecule has 0 aliphatic heterocycles. The van der Waals surface area contributed by atoms with Crippen molar-refractivity contribution in [3.05, 3.63) is 40.4 Å². The molecule has 0 saturated carbocycles. The lowest BCUT2D eigenvalue weighted by atomic mass is 10.1. The Labute approximate surface area is 108 Å². The summed E-state index contributed by atoms with van der Waals surface area (Å²) in [5.74, 6) is -4.77. The summed E-state index contributed by atoms with van der Waals surface area (Å²) >= 11 is 0.783. The molecule has 2 N–H and O–H groups in total. The van der Waals surface area contributed by atoms with E-state index in [1.54, 1.807) is 0 Å². The number of anilines is 1. The van der Waals surface area contributed by atoms with Crippen LogP contribution in [0.15, 0.2) is 18.3 Å². The number of nitrogens with one attached hydrogen (secondary N) is 1. The molecule has 1 aromatic heterocycles. The van der Waals surface area contributed by atoms with Crippen LogP contribution in [0.25, 0.3) is 0 Å². The first-order chi connectivity index (χ1) is 8.99. The van der Waals surface area contributed by atoms with E-state index in [-0.39, 0.29) is 10.6 Å². The van der Waals surface area contributed by atoms with Gasteiger partial charge in [0.1, 0.15) is 4.88 Å². The SMILES string of the molecule is O=C(Nc1cc(F)c(F)cc1C(=O)O)c1cnns1. The zero-order valence-electron chi connectivity index (χ0n) is 9.05. The Morgan fingerprint density at radius 2 is 1.95 bits per heavy atom. The van der Waals surface area contributed by atoms with Crippen LogP contribution in [0.5, 0.6) is 0 Å². The molecule has 1 aromatic carbocycles. The molecule has 0 unspecified atom stereocenters. The fourth-order valence-corrected chi connectivity index (χ4v) is 1.69. The van der Waals surface area contributed by atoms with Crippen molar-refractivity contribution in [3.63, 3.8) is 0 Å². The first kappa shape index (κ1) is 13.0. The van der Waals surface area contributed by atoms with Gasteiger partial charge >= 0.3 is 5.97 Å². The average Bonchev–Trinajstić information content (AvgIpc) is 2.86. The Morgan fingerprint density at radius 1 is 1.26 bits per heavy atom. The summed E-state index contributed by atoms with van der Waals surface area (Å²) in [5.41, 5.74) is -0.894. The summed E-state index contributed by atoms with van der Waals surface area (Å²) in [4.78, 5) is 22.7. The van der Waals surface area contributed by atoms with Gasteiger partial charge in [-0.2, -0.15) is 0 Å². The molecule has 9 heteroatoms. The molecule has 98 valence electrons. The Morgan fingerprint density at radius 3 is 2.53 bits per heavy atom. The molecule has 0 aliphatic carbocycles. The van der Waals surface area contributed by atoms with Crippen molar-refractivity contribution >= 4 is 29.1 Å². The second-order valence-corrected chi connectivity index (χ2v) is 4.14. The Bertz CT molecular complexity index is 646. The van der Waals surface area contributed by atoms with Gasteiger partial charge in [-0.15, -0.1) is 5.10 Å². The van der Waals surface area contributed by atoms with E-state index >= 15 is 0 Å². The Balaban J connectivity index is 2.36. The van der Waals surface area contributed by atoms with E-state index in [4.69, 9.17) is 5.11 Å². The van der Waals surface area contributed by atoms with Gasteiger partial charge in [-0.05, 0) is 17.6 Å². The summed E-state index contributed by atoms with van der Waals surface area (Å²) in [6, 6.07) is 1.10. The second kappa shape index (κ2) is 5.06. The van der Waals surface area contributed by atoms with E-state index < -0.39 is 29.1 Å². The first-order valence-electron chi connectivity index (χ1n) is 4.80. The van der Waals surface area contributed by atoms with E-state index in [2.05, 4.69) is 14.9 Å². The summed E-state index contributed by atoms with van der Waals surface area (Å²) in [5, 5.41) is 14.5. The predicted octanol–water partition coefficient (Wildman–Crippen LogP) is 1.77. The van der Waals surface area contributed by atoms with Gasteiger partial charge in [-0.1, -0.05) is 4.49 Å². The predicted molar refractivity (Wildman–Crippen MR) is 61.2 cm³/mol. The summed E-state index contributed by atoms with van der Waals surface area (Å²) in [7, 11) is 0. The number of aromatic carboxylic acids is 1. The van der Waals surface area contributed by atoms with Crippen molar-refractivity contribution < 1.29 is 23.5 Å². The quantitative estimate of drug-likeness (QED) is 0.896. The zero-order chi connectivity index (χ0) is 14.0. The second-order valence-electron chi connectivity index (χ2n) is 3.35. The van der Waals surface area contributed by atoms with Crippen LogP contribution in [-0.2, 0) is 0 Å². The molecule has 0 spiro atoms. The van der Waals surface area contributed by atoms with E-state index in [1.165, 1.54) is 6.20 Å². The number of carboxylic acids is 1. The third-order valence-corrected chi connectivity index (χ3v) is 2.79. The van der Waals surface area contributed by atoms with Crippen molar-refractivity contribution in [1.82, 2.24) is 9.59 Å². The molecule has 0 atom stereocenters. The zero-order valence-corrected chi connectivity index (χ0v) is 9.87. The highest BCUT2D eigenvalue weighted by Crippen LogP contribution is 2.21. The van der Waals surface area contributed by atoms with E-state index in [0.29, 0.717) is 12.1 Å². The smallest absolute Gasteiger partial charge is 0.337 e. The molecule has 1 amide bonds.